The van der Waals surface area contributed by atoms with E-state index < -0.39 is 24.1 Å². The molecule has 2 N–H and O–H groups in total. The lowest BCUT2D eigenvalue weighted by Gasteiger charge is -2.20. The first-order valence-corrected chi connectivity index (χ1v) is 9.16. The molecule has 1 aliphatic heterocycles. The van der Waals surface area contributed by atoms with Crippen LogP contribution < -0.4 is 15.4 Å². The van der Waals surface area contributed by atoms with Gasteiger partial charge >= 0.3 is 12.0 Å². The molecule has 2 aromatic rings. The van der Waals surface area contributed by atoms with Gasteiger partial charge in [-0.1, -0.05) is 29.3 Å². The number of amides is 2. The molecule has 0 bridgehead atoms. The number of hydrogen-bond donors (Lipinski definition) is 2. The molecule has 0 spiro atoms. The molecule has 3 rings (SSSR count). The Kier molecular flexibility index (Phi) is 6.08. The maximum absolute atomic E-state index is 12.3. The van der Waals surface area contributed by atoms with Gasteiger partial charge in [-0.3, -0.25) is 4.79 Å². The third kappa shape index (κ3) is 4.84. The summed E-state index contributed by atoms with van der Waals surface area (Å²) in [4.78, 5) is 24.1. The van der Waals surface area contributed by atoms with Crippen molar-refractivity contribution in [1.29, 1.82) is 0 Å². The molecular formula is C19H18Cl2N2O4. The van der Waals surface area contributed by atoms with Gasteiger partial charge in [-0.25, -0.2) is 4.79 Å². The highest BCUT2D eigenvalue weighted by molar-refractivity contribution is 6.42. The summed E-state index contributed by atoms with van der Waals surface area (Å²) in [6.07, 6.45) is -0.555. The molecule has 2 atom stereocenters. The second kappa shape index (κ2) is 8.50. The average molecular weight is 409 g/mol. The zero-order valence-corrected chi connectivity index (χ0v) is 16.0. The summed E-state index contributed by atoms with van der Waals surface area (Å²) in [5, 5.41) is 6.26. The van der Waals surface area contributed by atoms with Gasteiger partial charge in [0.05, 0.1) is 29.1 Å². The summed E-state index contributed by atoms with van der Waals surface area (Å²) in [7, 11) is 0. The molecule has 1 fully saturated rings. The van der Waals surface area contributed by atoms with E-state index in [2.05, 4.69) is 10.6 Å². The molecule has 0 aliphatic carbocycles. The van der Waals surface area contributed by atoms with Crippen LogP contribution in [0.15, 0.2) is 42.5 Å². The predicted molar refractivity (Wildman–Crippen MR) is 103 cm³/mol. The van der Waals surface area contributed by atoms with Crippen LogP contribution in [0.1, 0.15) is 25.0 Å². The zero-order valence-electron chi connectivity index (χ0n) is 14.5. The molecule has 2 amide bonds. The fraction of sp³-hybridized carbons (Fsp3) is 0.263. The second-order valence-electron chi connectivity index (χ2n) is 5.95. The molecular weight excluding hydrogens is 391 g/mol. The van der Waals surface area contributed by atoms with Crippen molar-refractivity contribution >= 4 is 40.9 Å². The summed E-state index contributed by atoms with van der Waals surface area (Å²) in [5.41, 5.74) is 1.27. The number of esters is 1. The molecule has 1 aliphatic rings. The van der Waals surface area contributed by atoms with E-state index >= 15 is 0 Å². The lowest BCUT2D eigenvalue weighted by molar-refractivity contribution is -0.141. The van der Waals surface area contributed by atoms with E-state index in [1.807, 2.05) is 6.92 Å². The van der Waals surface area contributed by atoms with Crippen molar-refractivity contribution in [2.24, 2.45) is 0 Å². The van der Waals surface area contributed by atoms with Crippen LogP contribution in [-0.4, -0.2) is 24.6 Å². The first-order chi connectivity index (χ1) is 13.0. The minimum Gasteiger partial charge on any atom is -0.494 e. The Labute approximate surface area is 166 Å². The smallest absolute Gasteiger partial charge is 0.319 e. The highest BCUT2D eigenvalue weighted by Gasteiger charge is 2.37. The van der Waals surface area contributed by atoms with Gasteiger partial charge in [0.2, 0.25) is 0 Å². The number of benzene rings is 2. The van der Waals surface area contributed by atoms with E-state index in [1.165, 1.54) is 0 Å². The van der Waals surface area contributed by atoms with Crippen molar-refractivity contribution in [3.05, 3.63) is 58.1 Å². The summed E-state index contributed by atoms with van der Waals surface area (Å²) < 4.78 is 10.7. The van der Waals surface area contributed by atoms with E-state index in [0.717, 1.165) is 5.75 Å². The van der Waals surface area contributed by atoms with Gasteiger partial charge in [0.15, 0.2) is 0 Å². The molecule has 6 nitrogen and oxygen atoms in total. The van der Waals surface area contributed by atoms with Crippen LogP contribution >= 0.6 is 23.2 Å². The van der Waals surface area contributed by atoms with E-state index in [4.69, 9.17) is 32.7 Å². The summed E-state index contributed by atoms with van der Waals surface area (Å²) in [6.45, 7) is 2.47. The van der Waals surface area contributed by atoms with Gasteiger partial charge in [-0.2, -0.15) is 0 Å². The number of hydrogen-bond acceptors (Lipinski definition) is 4. The number of halogens is 2. The van der Waals surface area contributed by atoms with Gasteiger partial charge in [0, 0.05) is 5.69 Å². The number of anilines is 1. The molecule has 1 saturated heterocycles. The van der Waals surface area contributed by atoms with Crippen LogP contribution in [-0.2, 0) is 9.53 Å². The van der Waals surface area contributed by atoms with Crippen molar-refractivity contribution in [1.82, 2.24) is 5.32 Å². The van der Waals surface area contributed by atoms with Crippen LogP contribution in [0.25, 0.3) is 0 Å². The first-order valence-electron chi connectivity index (χ1n) is 8.41. The molecule has 142 valence electrons. The number of ether oxygens (including phenoxy) is 2. The van der Waals surface area contributed by atoms with Gasteiger partial charge < -0.3 is 20.1 Å². The van der Waals surface area contributed by atoms with E-state index in [9.17, 15) is 9.59 Å². The lowest BCUT2D eigenvalue weighted by Crippen LogP contribution is -2.39. The Morgan fingerprint density at radius 3 is 2.59 bits per heavy atom. The van der Waals surface area contributed by atoms with E-state index in [0.29, 0.717) is 27.9 Å². The number of carbonyl (C=O) groups excluding carboxylic acids is 2. The minimum absolute atomic E-state index is 0.0710. The topological polar surface area (TPSA) is 76.7 Å². The van der Waals surface area contributed by atoms with Gasteiger partial charge in [-0.05, 0) is 48.9 Å². The normalized spacial score (nSPS) is 18.7. The molecule has 27 heavy (non-hydrogen) atoms. The summed E-state index contributed by atoms with van der Waals surface area (Å²) in [6, 6.07) is 11.0. The highest BCUT2D eigenvalue weighted by Crippen LogP contribution is 2.33. The third-order valence-electron chi connectivity index (χ3n) is 4.02. The number of carbonyl (C=O) groups is 2. The molecule has 8 heteroatoms. The summed E-state index contributed by atoms with van der Waals surface area (Å²) in [5.74, 6) is 0.329. The van der Waals surface area contributed by atoms with Crippen LogP contribution in [0.4, 0.5) is 10.5 Å². The Bertz CT molecular complexity index is 842. The average Bonchev–Trinajstić information content (AvgIpc) is 2.99. The van der Waals surface area contributed by atoms with E-state index in [-0.39, 0.29) is 6.42 Å². The number of nitrogens with one attached hydrogen (secondary N) is 2. The Balaban J connectivity index is 1.66. The Morgan fingerprint density at radius 1 is 1.19 bits per heavy atom. The number of urea groups is 1. The van der Waals surface area contributed by atoms with Crippen molar-refractivity contribution in [3.8, 4) is 5.75 Å². The van der Waals surface area contributed by atoms with Crippen molar-refractivity contribution in [3.63, 3.8) is 0 Å². The quantitative estimate of drug-likeness (QED) is 0.710. The number of rotatable bonds is 5. The largest absolute Gasteiger partial charge is 0.494 e. The SMILES string of the molecule is CCOc1ccc(NC(=O)NC2CC(=O)OC2c2ccc(Cl)c(Cl)c2)cc1. The minimum atomic E-state index is -0.627. The monoisotopic (exact) mass is 408 g/mol. The Morgan fingerprint density at radius 2 is 1.93 bits per heavy atom. The molecule has 0 radical (unpaired) electrons. The standard InChI is InChI=1S/C19H18Cl2N2O4/c1-2-26-13-6-4-12(5-7-13)22-19(25)23-16-10-17(24)27-18(16)11-3-8-14(20)15(21)9-11/h3-9,16,18H,2,10H2,1H3,(H2,22,23,25). The maximum Gasteiger partial charge on any atom is 0.319 e. The highest BCUT2D eigenvalue weighted by atomic mass is 35.5. The lowest BCUT2D eigenvalue weighted by atomic mass is 10.0. The fourth-order valence-corrected chi connectivity index (χ4v) is 3.12. The second-order valence-corrected chi connectivity index (χ2v) is 6.76. The molecule has 0 saturated carbocycles. The Hall–Kier alpha value is -2.44. The van der Waals surface area contributed by atoms with E-state index in [1.54, 1.807) is 42.5 Å². The van der Waals surface area contributed by atoms with Crippen LogP contribution in [0.3, 0.4) is 0 Å². The molecule has 0 aromatic heterocycles. The van der Waals surface area contributed by atoms with Gasteiger partial charge in [-0.15, -0.1) is 0 Å². The maximum atomic E-state index is 12.3. The fourth-order valence-electron chi connectivity index (χ4n) is 2.81. The van der Waals surface area contributed by atoms with Crippen LogP contribution in [0, 0.1) is 0 Å². The van der Waals surface area contributed by atoms with Gasteiger partial charge in [0.25, 0.3) is 0 Å². The van der Waals surface area contributed by atoms with Crippen molar-refractivity contribution < 1.29 is 19.1 Å². The van der Waals surface area contributed by atoms with Crippen molar-refractivity contribution in [2.75, 3.05) is 11.9 Å². The summed E-state index contributed by atoms with van der Waals surface area (Å²) >= 11 is 12.0. The number of cyclic esters (lactones) is 1. The van der Waals surface area contributed by atoms with Crippen LogP contribution in [0.2, 0.25) is 10.0 Å². The molecule has 2 unspecified atom stereocenters. The molecule has 1 heterocycles. The first kappa shape index (κ1) is 19.3. The van der Waals surface area contributed by atoms with Gasteiger partial charge in [0.1, 0.15) is 11.9 Å². The zero-order chi connectivity index (χ0) is 19.4. The predicted octanol–water partition coefficient (Wildman–Crippen LogP) is 4.57. The van der Waals surface area contributed by atoms with Crippen LogP contribution in [0.5, 0.6) is 5.75 Å². The molecule has 2 aromatic carbocycles. The van der Waals surface area contributed by atoms with Crippen molar-refractivity contribution in [2.45, 2.75) is 25.5 Å². The third-order valence-corrected chi connectivity index (χ3v) is 4.76.